The average molecular weight is 610 g/mol. The molecular weight excluding hydrogens is 566 g/mol. The van der Waals surface area contributed by atoms with E-state index in [2.05, 4.69) is 10.3 Å². The number of amides is 3. The lowest BCUT2D eigenvalue weighted by atomic mass is 9.79. The molecule has 18 heteroatoms. The van der Waals surface area contributed by atoms with Crippen molar-refractivity contribution < 1.29 is 51.3 Å². The number of carboxylic acid groups (broad SMARTS) is 1. The number of nitrogens with two attached hydrogens (primary N) is 2. The van der Waals surface area contributed by atoms with Gasteiger partial charge in [0.15, 0.2) is 5.96 Å². The van der Waals surface area contributed by atoms with Crippen LogP contribution >= 0.6 is 11.8 Å². The van der Waals surface area contributed by atoms with Crippen LogP contribution in [0.2, 0.25) is 0 Å². The van der Waals surface area contributed by atoms with Gasteiger partial charge in [0.2, 0.25) is 17.7 Å². The summed E-state index contributed by atoms with van der Waals surface area (Å²) in [5.41, 5.74) is 10.5. The summed E-state index contributed by atoms with van der Waals surface area (Å²) >= 11 is 1.43. The Morgan fingerprint density at radius 1 is 1.17 bits per heavy atom. The molecule has 4 aliphatic heterocycles. The number of likely N-dealkylation sites (tertiary alicyclic amines) is 2. The van der Waals surface area contributed by atoms with Gasteiger partial charge in [-0.1, -0.05) is 6.92 Å². The highest BCUT2D eigenvalue weighted by Gasteiger charge is 2.60. The molecule has 3 amide bonds. The summed E-state index contributed by atoms with van der Waals surface area (Å²) in [4.78, 5) is 59.4. The fraction of sp³-hybridized carbons (Fsp3) is 0.696. The zero-order valence-corrected chi connectivity index (χ0v) is 24.0. The molecule has 3 fully saturated rings. The minimum Gasteiger partial charge on any atom is -0.477 e. The molecule has 3 saturated heterocycles. The van der Waals surface area contributed by atoms with Crippen molar-refractivity contribution in [2.24, 2.45) is 28.3 Å². The van der Waals surface area contributed by atoms with Crippen LogP contribution < -0.4 is 16.8 Å². The number of guanidine groups is 1. The van der Waals surface area contributed by atoms with Gasteiger partial charge in [0.1, 0.15) is 12.2 Å². The van der Waals surface area contributed by atoms with Crippen LogP contribution in [0, 0.1) is 11.8 Å². The van der Waals surface area contributed by atoms with Crippen molar-refractivity contribution in [2.45, 2.75) is 56.2 Å². The molecule has 4 aliphatic rings. The molecular formula is C23H43N7O10S. The second-order valence-electron chi connectivity index (χ2n) is 10.3. The first-order valence-corrected chi connectivity index (χ1v) is 13.3. The second kappa shape index (κ2) is 14.8. The fourth-order valence-corrected chi connectivity index (χ4v) is 7.51. The Labute approximate surface area is 241 Å². The van der Waals surface area contributed by atoms with E-state index in [0.29, 0.717) is 37.4 Å². The van der Waals surface area contributed by atoms with Gasteiger partial charge in [0, 0.05) is 41.7 Å². The molecule has 7 atom stereocenters. The maximum absolute atomic E-state index is 13.3. The number of β-lactam (4-membered cyclic amide) rings is 1. The topological polar surface area (TPSA) is 321 Å². The van der Waals surface area contributed by atoms with Crippen LogP contribution in [0.3, 0.4) is 0 Å². The van der Waals surface area contributed by atoms with Crippen molar-refractivity contribution >= 4 is 41.4 Å². The molecule has 0 aliphatic carbocycles. The number of likely N-dealkylation sites (N-methyl/N-ethyl adjacent to an activating group) is 1. The lowest BCUT2D eigenvalue weighted by Crippen LogP contribution is -2.63. The minimum atomic E-state index is -1.15. The molecule has 236 valence electrons. The van der Waals surface area contributed by atoms with Gasteiger partial charge in [-0.25, -0.2) is 9.79 Å². The van der Waals surface area contributed by atoms with Crippen molar-refractivity contribution in [1.82, 2.24) is 20.0 Å². The molecule has 0 unspecified atom stereocenters. The number of aliphatic imine (C=N–C) groups is 1. The minimum absolute atomic E-state index is 0. The van der Waals surface area contributed by atoms with E-state index in [1.807, 2.05) is 18.9 Å². The van der Waals surface area contributed by atoms with Gasteiger partial charge < -0.3 is 58.7 Å². The Hall–Kier alpha value is -3.00. The molecule has 0 saturated carbocycles. The van der Waals surface area contributed by atoms with Gasteiger partial charge >= 0.3 is 5.97 Å². The normalized spacial score (nSPS) is 29.1. The second-order valence-corrected chi connectivity index (χ2v) is 11.6. The van der Waals surface area contributed by atoms with Crippen molar-refractivity contribution in [3.63, 3.8) is 0 Å². The van der Waals surface area contributed by atoms with Crippen molar-refractivity contribution in [2.75, 3.05) is 33.2 Å². The number of aliphatic hydroxyl groups excluding tert-OH is 1. The zero-order valence-electron chi connectivity index (χ0n) is 23.2. The van der Waals surface area contributed by atoms with E-state index in [9.17, 15) is 29.4 Å². The highest BCUT2D eigenvalue weighted by atomic mass is 32.2. The molecule has 0 aromatic heterocycles. The Morgan fingerprint density at radius 2 is 1.80 bits per heavy atom. The van der Waals surface area contributed by atoms with Crippen LogP contribution in [0.5, 0.6) is 0 Å². The van der Waals surface area contributed by atoms with Gasteiger partial charge in [0.25, 0.3) is 0 Å². The molecule has 41 heavy (non-hydrogen) atoms. The van der Waals surface area contributed by atoms with Crippen molar-refractivity contribution in [3.05, 3.63) is 10.6 Å². The molecule has 0 radical (unpaired) electrons. The van der Waals surface area contributed by atoms with Gasteiger partial charge in [-0.2, -0.15) is 0 Å². The predicted octanol–water partition coefficient (Wildman–Crippen LogP) is -5.36. The molecule has 15 N–H and O–H groups in total. The average Bonchev–Trinajstić information content (AvgIpc) is 3.48. The van der Waals surface area contributed by atoms with Gasteiger partial charge in [0.05, 0.1) is 24.1 Å². The van der Waals surface area contributed by atoms with Crippen LogP contribution in [-0.2, 0) is 19.2 Å². The highest BCUT2D eigenvalue weighted by molar-refractivity contribution is 8.03. The molecule has 0 aromatic carbocycles. The van der Waals surface area contributed by atoms with E-state index >= 15 is 0 Å². The van der Waals surface area contributed by atoms with Gasteiger partial charge in [-0.15, -0.1) is 11.8 Å². The number of carbonyl (C=O) groups is 4. The van der Waals surface area contributed by atoms with E-state index in [4.69, 9.17) is 11.5 Å². The van der Waals surface area contributed by atoms with Crippen LogP contribution in [0.25, 0.3) is 0 Å². The summed E-state index contributed by atoms with van der Waals surface area (Å²) < 4.78 is 0. The number of aliphatic carboxylic acids is 1. The summed E-state index contributed by atoms with van der Waals surface area (Å²) in [6.07, 6.45) is 0.325. The van der Waals surface area contributed by atoms with Crippen molar-refractivity contribution in [1.29, 1.82) is 0 Å². The number of hydrogen-bond donors (Lipinski definition) is 5. The van der Waals surface area contributed by atoms with E-state index < -0.39 is 18.0 Å². The van der Waals surface area contributed by atoms with E-state index in [1.165, 1.54) is 16.7 Å². The number of hydrogen-bond acceptors (Lipinski definition) is 8. The Balaban J connectivity index is 0.00000400. The fourth-order valence-electron chi connectivity index (χ4n) is 5.91. The van der Waals surface area contributed by atoms with Crippen LogP contribution in [0.15, 0.2) is 15.6 Å². The standard InChI is InChI=1S/C23H35N7O6S.4H2O/c1-10-17-16(11(2)31)21(34)30(17)18(22(35)36)19(10)37-13-6-14(28(3)9-13)20(33)29-5-4-12(8-29)27-15(32)7-26-23(24)25;;;;/h10-14,16-17,31H,4-9H2,1-3H3,(H,27,32)(H,35,36)(H4,24,25,26);4*1H2/t10-,11-,12+,13+,14+,16-,17-;;;;/m1..../s1. The smallest absolute Gasteiger partial charge is 0.353 e. The Morgan fingerprint density at radius 3 is 2.37 bits per heavy atom. The monoisotopic (exact) mass is 609 g/mol. The van der Waals surface area contributed by atoms with Crippen LogP contribution in [-0.4, -0.2) is 139 Å². The quantitative estimate of drug-likeness (QED) is 0.0987. The molecule has 4 rings (SSSR count). The summed E-state index contributed by atoms with van der Waals surface area (Å²) in [5, 5.41) is 22.7. The number of nitrogens with zero attached hydrogens (tertiary/aromatic N) is 4. The third kappa shape index (κ3) is 7.26. The largest absolute Gasteiger partial charge is 0.477 e. The summed E-state index contributed by atoms with van der Waals surface area (Å²) in [6, 6.07) is -0.890. The number of thioether (sulfide) groups is 1. The summed E-state index contributed by atoms with van der Waals surface area (Å²) in [7, 11) is 1.87. The van der Waals surface area contributed by atoms with Crippen LogP contribution in [0.4, 0.5) is 0 Å². The summed E-state index contributed by atoms with van der Waals surface area (Å²) in [6.45, 7) is 4.81. The SMILES string of the molecule is C[C@@H](O)[C@H]1C(=O)N2C(C(=O)O)=C(S[C@H]3C[C@@H](C(=O)N4CC[C@H](NC(=O)CN=C(N)N)C4)N(C)C3)[C@H](C)[C@H]12.O.O.O.O. The number of nitrogens with one attached hydrogen (secondary N) is 1. The molecule has 0 bridgehead atoms. The molecule has 0 spiro atoms. The molecule has 17 nitrogen and oxygen atoms in total. The molecule has 0 aromatic rings. The van der Waals surface area contributed by atoms with Gasteiger partial charge in [-0.3, -0.25) is 19.3 Å². The van der Waals surface area contributed by atoms with Crippen molar-refractivity contribution in [3.8, 4) is 0 Å². The first-order chi connectivity index (χ1) is 17.4. The maximum atomic E-state index is 13.3. The van der Waals surface area contributed by atoms with E-state index in [0.717, 1.165) is 0 Å². The maximum Gasteiger partial charge on any atom is 0.353 e. The van der Waals surface area contributed by atoms with E-state index in [1.54, 1.807) is 11.8 Å². The number of carbonyl (C=O) groups excluding carboxylic acids is 3. The van der Waals surface area contributed by atoms with Crippen LogP contribution in [0.1, 0.15) is 26.7 Å². The summed E-state index contributed by atoms with van der Waals surface area (Å²) in [5.74, 6) is -2.82. The lowest BCUT2D eigenvalue weighted by Gasteiger charge is -2.46. The zero-order chi connectivity index (χ0) is 27.2. The predicted molar refractivity (Wildman–Crippen MR) is 150 cm³/mol. The lowest BCUT2D eigenvalue weighted by molar-refractivity contribution is -0.163. The Kier molecular flexibility index (Phi) is 13.7. The van der Waals surface area contributed by atoms with E-state index in [-0.39, 0.29) is 87.1 Å². The highest BCUT2D eigenvalue weighted by Crippen LogP contribution is 2.52. The first kappa shape index (κ1) is 38.0. The Bertz CT molecular complexity index is 1050. The third-order valence-electron chi connectivity index (χ3n) is 7.67. The molecule has 4 heterocycles. The van der Waals surface area contributed by atoms with Gasteiger partial charge in [-0.05, 0) is 26.8 Å². The number of fused-ring (bicyclic) bond motifs is 1. The first-order valence-electron chi connectivity index (χ1n) is 12.4. The number of carboxylic acids is 1. The number of rotatable bonds is 8. The number of aliphatic hydroxyl groups is 1. The third-order valence-corrected chi connectivity index (χ3v) is 9.16.